The Hall–Kier alpha value is -5.09. The summed E-state index contributed by atoms with van der Waals surface area (Å²) in [6.07, 6.45) is 78.6. The van der Waals surface area contributed by atoms with Crippen LogP contribution in [0, 0.1) is 0 Å². The number of carboxylic acid groups (broad SMARTS) is 1. The summed E-state index contributed by atoms with van der Waals surface area (Å²) in [6.45, 7) is 4.42. The number of quaternary nitrogens is 1. The highest BCUT2D eigenvalue weighted by atomic mass is 16.7. The van der Waals surface area contributed by atoms with Crippen molar-refractivity contribution < 1.29 is 42.9 Å². The molecule has 75 heavy (non-hydrogen) atoms. The summed E-state index contributed by atoms with van der Waals surface area (Å²) in [5, 5.41) is 11.8. The Balaban J connectivity index is 4.40. The number of carbonyl (C=O) groups excluding carboxylic acids is 3. The van der Waals surface area contributed by atoms with Crippen molar-refractivity contribution >= 4 is 17.9 Å². The third kappa shape index (κ3) is 56.5. The van der Waals surface area contributed by atoms with Crippen molar-refractivity contribution in [3.63, 3.8) is 0 Å². The summed E-state index contributed by atoms with van der Waals surface area (Å²) in [7, 11) is 5.89. The molecule has 0 aromatic rings. The van der Waals surface area contributed by atoms with E-state index in [4.69, 9.17) is 18.9 Å². The molecule has 0 aliphatic carbocycles. The average Bonchev–Trinajstić information content (AvgIpc) is 3.38. The van der Waals surface area contributed by atoms with Gasteiger partial charge in [-0.2, -0.15) is 0 Å². The van der Waals surface area contributed by atoms with Crippen LogP contribution in [0.2, 0.25) is 0 Å². The monoisotopic (exact) mass is 1040 g/mol. The summed E-state index contributed by atoms with van der Waals surface area (Å²) in [5.74, 6) is -2.38. The predicted molar refractivity (Wildman–Crippen MR) is 315 cm³/mol. The standard InChI is InChI=1S/C66H103NO8/c1-6-8-10-12-14-16-18-20-22-24-26-28-29-30-31-32-33-34-35-37-39-41-43-45-47-49-51-53-55-57-64(69)75-62(61-74-66(65(70)71)72-59-58-67(3,4)5)60-73-63(68)56-54-52-50-48-46-44-42-40-38-36-27-25-23-21-19-17-15-13-11-9-7-2/h8-11,14-17,20-23,26-28,30-31,33-34,36-37,39-40,42,46,48,62,66H,6-7,12-13,18-19,24-25,29,32,35,38,41,43-45,47,49-61H2,1-5H3/b10-8-,11-9-,16-14-,17-15-,22-20-,23-21-,28-26-,31-30-,34-33-,36-27-,39-37-,42-40-,48-46-. The average molecular weight is 1040 g/mol. The van der Waals surface area contributed by atoms with Crippen LogP contribution < -0.4 is 5.11 Å². The van der Waals surface area contributed by atoms with Gasteiger partial charge in [-0.3, -0.25) is 9.59 Å². The first-order valence-corrected chi connectivity index (χ1v) is 28.6. The van der Waals surface area contributed by atoms with Crippen LogP contribution in [0.1, 0.15) is 181 Å². The molecule has 0 spiro atoms. The molecule has 0 N–H and O–H groups in total. The van der Waals surface area contributed by atoms with Crippen LogP contribution in [0.4, 0.5) is 0 Å². The van der Waals surface area contributed by atoms with Crippen LogP contribution >= 0.6 is 0 Å². The van der Waals surface area contributed by atoms with Crippen molar-refractivity contribution in [1.29, 1.82) is 0 Å². The predicted octanol–water partition coefficient (Wildman–Crippen LogP) is 15.7. The van der Waals surface area contributed by atoms with Gasteiger partial charge in [0.15, 0.2) is 12.4 Å². The molecule has 0 aliphatic heterocycles. The van der Waals surface area contributed by atoms with E-state index in [2.05, 4.69) is 172 Å². The summed E-state index contributed by atoms with van der Waals surface area (Å²) < 4.78 is 22.6. The van der Waals surface area contributed by atoms with E-state index < -0.39 is 30.3 Å². The van der Waals surface area contributed by atoms with Crippen molar-refractivity contribution in [2.45, 2.75) is 193 Å². The van der Waals surface area contributed by atoms with Gasteiger partial charge in [0.05, 0.1) is 40.3 Å². The minimum absolute atomic E-state index is 0.128. The van der Waals surface area contributed by atoms with Crippen LogP contribution in [0.15, 0.2) is 158 Å². The number of nitrogens with zero attached hydrogens (tertiary/aromatic N) is 1. The molecule has 9 nitrogen and oxygen atoms in total. The van der Waals surface area contributed by atoms with Crippen LogP contribution in [-0.2, 0) is 33.3 Å². The Morgan fingerprint density at radius 3 is 1.09 bits per heavy atom. The first-order valence-electron chi connectivity index (χ1n) is 28.6. The van der Waals surface area contributed by atoms with Gasteiger partial charge >= 0.3 is 11.9 Å². The van der Waals surface area contributed by atoms with Crippen LogP contribution in [0.25, 0.3) is 0 Å². The van der Waals surface area contributed by atoms with E-state index in [1.54, 1.807) is 0 Å². The van der Waals surface area contributed by atoms with Gasteiger partial charge in [0.1, 0.15) is 13.2 Å². The van der Waals surface area contributed by atoms with Gasteiger partial charge in [0.2, 0.25) is 0 Å². The number of ether oxygens (including phenoxy) is 4. The number of likely N-dealkylation sites (N-methyl/N-ethyl adjacent to an activating group) is 1. The maximum atomic E-state index is 12.9. The Kier molecular flexibility index (Phi) is 51.4. The Bertz CT molecular complexity index is 1780. The molecule has 0 aliphatic rings. The quantitative estimate of drug-likeness (QED) is 0.0195. The molecule has 0 radical (unpaired) electrons. The molecule has 2 unspecified atom stereocenters. The number of rotatable bonds is 50. The fourth-order valence-corrected chi connectivity index (χ4v) is 6.93. The highest BCUT2D eigenvalue weighted by molar-refractivity contribution is 5.70. The molecule has 0 aromatic carbocycles. The van der Waals surface area contributed by atoms with Crippen molar-refractivity contribution in [2.24, 2.45) is 0 Å². The molecule has 2 atom stereocenters. The first kappa shape index (κ1) is 69.9. The maximum absolute atomic E-state index is 12.9. The number of allylic oxidation sites excluding steroid dienone is 26. The van der Waals surface area contributed by atoms with Gasteiger partial charge in [0.25, 0.3) is 0 Å². The smallest absolute Gasteiger partial charge is 0.306 e. The summed E-state index contributed by atoms with van der Waals surface area (Å²) in [4.78, 5) is 37.3. The highest BCUT2D eigenvalue weighted by Gasteiger charge is 2.21. The molecule has 0 aromatic heterocycles. The molecule has 0 rings (SSSR count). The molecule has 0 saturated carbocycles. The molecule has 0 fully saturated rings. The zero-order chi connectivity index (χ0) is 54.8. The normalized spacial score (nSPS) is 14.0. The molecule has 0 amide bonds. The second-order valence-electron chi connectivity index (χ2n) is 19.5. The minimum atomic E-state index is -1.65. The van der Waals surface area contributed by atoms with Gasteiger partial charge in [-0.15, -0.1) is 0 Å². The van der Waals surface area contributed by atoms with E-state index in [9.17, 15) is 19.5 Å². The fraction of sp³-hybridized carbons (Fsp3) is 0.561. The number of hydrogen-bond acceptors (Lipinski definition) is 8. The highest BCUT2D eigenvalue weighted by Crippen LogP contribution is 2.13. The molecule has 9 heteroatoms. The van der Waals surface area contributed by atoms with Crippen LogP contribution in [0.3, 0.4) is 0 Å². The van der Waals surface area contributed by atoms with Crippen molar-refractivity contribution in [1.82, 2.24) is 0 Å². The van der Waals surface area contributed by atoms with E-state index in [-0.39, 0.29) is 32.7 Å². The van der Waals surface area contributed by atoms with Crippen LogP contribution in [0.5, 0.6) is 0 Å². The number of aliphatic carboxylic acids is 1. The van der Waals surface area contributed by atoms with Gasteiger partial charge < -0.3 is 33.3 Å². The number of carboxylic acids is 1. The lowest BCUT2D eigenvalue weighted by atomic mass is 10.1. The summed E-state index contributed by atoms with van der Waals surface area (Å²) in [5.41, 5.74) is 0. The van der Waals surface area contributed by atoms with E-state index in [1.165, 1.54) is 12.8 Å². The molecule has 420 valence electrons. The second kappa shape index (κ2) is 55.2. The molecular weight excluding hydrogens is 935 g/mol. The van der Waals surface area contributed by atoms with Crippen molar-refractivity contribution in [3.8, 4) is 0 Å². The van der Waals surface area contributed by atoms with Crippen LogP contribution in [-0.4, -0.2) is 82.3 Å². The zero-order valence-electron chi connectivity index (χ0n) is 47.6. The third-order valence-electron chi connectivity index (χ3n) is 11.3. The lowest BCUT2D eigenvalue weighted by Crippen LogP contribution is -2.44. The molecule has 0 heterocycles. The van der Waals surface area contributed by atoms with E-state index in [1.807, 2.05) is 21.1 Å². The largest absolute Gasteiger partial charge is 0.545 e. The Labute approximate surface area is 457 Å². The second-order valence-corrected chi connectivity index (χ2v) is 19.5. The molecule has 0 saturated heterocycles. The van der Waals surface area contributed by atoms with E-state index >= 15 is 0 Å². The summed E-state index contributed by atoms with van der Waals surface area (Å²) in [6, 6.07) is 0. The van der Waals surface area contributed by atoms with Crippen molar-refractivity contribution in [2.75, 3.05) is 47.5 Å². The molecule has 0 bridgehead atoms. The first-order chi connectivity index (χ1) is 36.6. The number of esters is 2. The van der Waals surface area contributed by atoms with E-state index in [0.717, 1.165) is 128 Å². The van der Waals surface area contributed by atoms with Gasteiger partial charge in [-0.1, -0.05) is 204 Å². The summed E-state index contributed by atoms with van der Waals surface area (Å²) >= 11 is 0. The fourth-order valence-electron chi connectivity index (χ4n) is 6.93. The number of carbonyl (C=O) groups is 3. The van der Waals surface area contributed by atoms with Gasteiger partial charge in [-0.25, -0.2) is 0 Å². The number of unbranched alkanes of at least 4 members (excludes halogenated alkanes) is 9. The SMILES string of the molecule is CC/C=C\C/C=C\C/C=C\C/C=C\C/C=C\C/C=C\C/C=C\CCCCCCCCCC(=O)OC(COC(=O)CCCC/C=C\C/C=C\C/C=C\C/C=C\C/C=C\C/C=C\CC)COC(OCC[N+](C)(C)C)C(=O)[O-]. The minimum Gasteiger partial charge on any atom is -0.545 e. The van der Waals surface area contributed by atoms with Gasteiger partial charge in [-0.05, 0) is 122 Å². The topological polar surface area (TPSA) is 111 Å². The van der Waals surface area contributed by atoms with Crippen molar-refractivity contribution in [3.05, 3.63) is 158 Å². The lowest BCUT2D eigenvalue weighted by Gasteiger charge is -2.26. The lowest BCUT2D eigenvalue weighted by molar-refractivity contribution is -0.870. The number of hydrogen-bond donors (Lipinski definition) is 0. The Morgan fingerprint density at radius 2 is 0.720 bits per heavy atom. The zero-order valence-corrected chi connectivity index (χ0v) is 47.6. The van der Waals surface area contributed by atoms with E-state index in [0.29, 0.717) is 23.9 Å². The Morgan fingerprint density at radius 1 is 0.400 bits per heavy atom. The maximum Gasteiger partial charge on any atom is 0.306 e. The third-order valence-corrected chi connectivity index (χ3v) is 11.3. The van der Waals surface area contributed by atoms with Gasteiger partial charge in [0, 0.05) is 12.8 Å². The molecular formula is C66H103NO8.